The van der Waals surface area contributed by atoms with Gasteiger partial charge in [-0.1, -0.05) is 12.1 Å². The molecule has 0 atom stereocenters. The van der Waals surface area contributed by atoms with Crippen LogP contribution >= 0.6 is 0 Å². The first-order valence-corrected chi connectivity index (χ1v) is 11.3. The van der Waals surface area contributed by atoms with Crippen molar-refractivity contribution in [2.75, 3.05) is 13.1 Å². The SMILES string of the molecule is O=C(c1ccc(-c2ccc3ccn(C(=O)Oc4ccc([N+](=O)[O-])cc4)c3n2)cc1)N1CCCCC1. The van der Waals surface area contributed by atoms with Crippen LogP contribution in [0.3, 0.4) is 0 Å². The highest BCUT2D eigenvalue weighted by Gasteiger charge is 2.19. The molecule has 1 aliphatic rings. The molecule has 9 heteroatoms. The second-order valence-electron chi connectivity index (χ2n) is 8.34. The van der Waals surface area contributed by atoms with Crippen LogP contribution in [-0.4, -0.2) is 44.5 Å². The average Bonchev–Trinajstić information content (AvgIpc) is 3.33. The Hall–Kier alpha value is -4.53. The Balaban J connectivity index is 1.36. The maximum absolute atomic E-state index is 12.8. The fourth-order valence-corrected chi connectivity index (χ4v) is 4.16. The minimum atomic E-state index is -0.680. The van der Waals surface area contributed by atoms with Crippen LogP contribution in [0.2, 0.25) is 0 Å². The van der Waals surface area contributed by atoms with Crippen molar-refractivity contribution in [2.45, 2.75) is 19.3 Å². The van der Waals surface area contributed by atoms with Gasteiger partial charge in [-0.3, -0.25) is 14.9 Å². The highest BCUT2D eigenvalue weighted by atomic mass is 16.6. The maximum Gasteiger partial charge on any atom is 0.425 e. The number of nitro benzene ring substituents is 1. The molecule has 1 saturated heterocycles. The number of piperidine rings is 1. The fraction of sp³-hybridized carbons (Fsp3) is 0.192. The molecule has 9 nitrogen and oxygen atoms in total. The Morgan fingerprint density at radius 2 is 1.60 bits per heavy atom. The number of likely N-dealkylation sites (tertiary alicyclic amines) is 1. The van der Waals surface area contributed by atoms with Crippen molar-refractivity contribution in [1.29, 1.82) is 0 Å². The lowest BCUT2D eigenvalue weighted by Crippen LogP contribution is -2.35. The van der Waals surface area contributed by atoms with Crippen molar-refractivity contribution >= 4 is 28.7 Å². The number of ether oxygens (including phenoxy) is 1. The molecule has 0 unspecified atom stereocenters. The molecule has 0 spiro atoms. The van der Waals surface area contributed by atoms with E-state index in [4.69, 9.17) is 4.74 Å². The third-order valence-corrected chi connectivity index (χ3v) is 6.06. The molecule has 35 heavy (non-hydrogen) atoms. The number of nitrogens with zero attached hydrogens (tertiary/aromatic N) is 4. The zero-order chi connectivity index (χ0) is 24.4. The van der Waals surface area contributed by atoms with Gasteiger partial charge in [0, 0.05) is 47.9 Å². The van der Waals surface area contributed by atoms with E-state index in [1.165, 1.54) is 35.3 Å². The molecule has 3 heterocycles. The lowest BCUT2D eigenvalue weighted by molar-refractivity contribution is -0.384. The molecule has 1 amide bonds. The summed E-state index contributed by atoms with van der Waals surface area (Å²) in [6, 6.07) is 18.1. The number of pyridine rings is 1. The lowest BCUT2D eigenvalue weighted by atomic mass is 10.1. The summed E-state index contributed by atoms with van der Waals surface area (Å²) in [7, 11) is 0. The Labute approximate surface area is 200 Å². The van der Waals surface area contributed by atoms with E-state index in [2.05, 4.69) is 4.98 Å². The summed E-state index contributed by atoms with van der Waals surface area (Å²) in [6.07, 6.45) is 4.14. The number of hydrogen-bond donors (Lipinski definition) is 0. The summed E-state index contributed by atoms with van der Waals surface area (Å²) in [4.78, 5) is 42.3. The molecule has 0 saturated carbocycles. The highest BCUT2D eigenvalue weighted by Crippen LogP contribution is 2.24. The lowest BCUT2D eigenvalue weighted by Gasteiger charge is -2.26. The molecule has 2 aromatic heterocycles. The van der Waals surface area contributed by atoms with E-state index in [0.717, 1.165) is 36.9 Å². The summed E-state index contributed by atoms with van der Waals surface area (Å²) in [5.74, 6) is 0.232. The van der Waals surface area contributed by atoms with Crippen molar-refractivity contribution in [3.05, 3.63) is 88.6 Å². The summed E-state index contributed by atoms with van der Waals surface area (Å²) in [5, 5.41) is 11.6. The zero-order valence-electron chi connectivity index (χ0n) is 18.8. The van der Waals surface area contributed by atoms with Crippen LogP contribution in [0.4, 0.5) is 10.5 Å². The van der Waals surface area contributed by atoms with E-state index in [1.54, 1.807) is 24.4 Å². The normalized spacial score (nSPS) is 13.5. The number of nitro groups is 1. The monoisotopic (exact) mass is 470 g/mol. The van der Waals surface area contributed by atoms with Crippen LogP contribution in [0, 0.1) is 10.1 Å². The number of hydrogen-bond acceptors (Lipinski definition) is 6. The van der Waals surface area contributed by atoms with Crippen molar-refractivity contribution in [1.82, 2.24) is 14.5 Å². The van der Waals surface area contributed by atoms with Gasteiger partial charge in [-0.2, -0.15) is 0 Å². The Morgan fingerprint density at radius 1 is 0.886 bits per heavy atom. The molecule has 0 N–H and O–H groups in total. The smallest absolute Gasteiger partial charge is 0.410 e. The van der Waals surface area contributed by atoms with Gasteiger partial charge in [0.25, 0.3) is 11.6 Å². The highest BCUT2D eigenvalue weighted by molar-refractivity contribution is 5.95. The fourth-order valence-electron chi connectivity index (χ4n) is 4.16. The van der Waals surface area contributed by atoms with Crippen LogP contribution in [0.5, 0.6) is 5.75 Å². The van der Waals surface area contributed by atoms with E-state index >= 15 is 0 Å². The molecular weight excluding hydrogens is 448 g/mol. The first-order valence-electron chi connectivity index (χ1n) is 11.3. The third kappa shape index (κ3) is 4.61. The molecular formula is C26H22N4O5. The molecule has 176 valence electrons. The van der Waals surface area contributed by atoms with Gasteiger partial charge in [-0.25, -0.2) is 14.3 Å². The van der Waals surface area contributed by atoms with E-state index in [-0.39, 0.29) is 17.3 Å². The van der Waals surface area contributed by atoms with Crippen molar-refractivity contribution in [3.63, 3.8) is 0 Å². The van der Waals surface area contributed by atoms with Crippen LogP contribution < -0.4 is 4.74 Å². The predicted molar refractivity (Wildman–Crippen MR) is 129 cm³/mol. The van der Waals surface area contributed by atoms with E-state index in [1.807, 2.05) is 29.2 Å². The zero-order valence-corrected chi connectivity index (χ0v) is 18.8. The van der Waals surface area contributed by atoms with Crippen molar-refractivity contribution in [2.24, 2.45) is 0 Å². The molecule has 1 aliphatic heterocycles. The predicted octanol–water partition coefficient (Wildman–Crippen LogP) is 5.28. The molecule has 5 rings (SSSR count). The number of non-ortho nitro benzene ring substituents is 1. The number of amides is 1. The van der Waals surface area contributed by atoms with Gasteiger partial charge in [-0.15, -0.1) is 0 Å². The largest absolute Gasteiger partial charge is 0.425 e. The number of carbonyl (C=O) groups is 2. The number of benzene rings is 2. The van der Waals surface area contributed by atoms with Gasteiger partial charge in [-0.05, 0) is 61.7 Å². The van der Waals surface area contributed by atoms with Crippen LogP contribution in [0.15, 0.2) is 72.9 Å². The first-order chi connectivity index (χ1) is 17.0. The molecule has 0 bridgehead atoms. The second kappa shape index (κ2) is 9.38. The molecule has 1 fully saturated rings. The quantitative estimate of drug-likeness (QED) is 0.296. The van der Waals surface area contributed by atoms with Crippen molar-refractivity contribution < 1.29 is 19.2 Å². The second-order valence-corrected chi connectivity index (χ2v) is 8.34. The summed E-state index contributed by atoms with van der Waals surface area (Å²) in [6.45, 7) is 1.59. The van der Waals surface area contributed by atoms with Crippen molar-refractivity contribution in [3.8, 4) is 17.0 Å². The molecule has 4 aromatic rings. The van der Waals surface area contributed by atoms with Gasteiger partial charge in [0.1, 0.15) is 11.4 Å². The Morgan fingerprint density at radius 3 is 2.29 bits per heavy atom. The summed E-state index contributed by atoms with van der Waals surface area (Å²) < 4.78 is 6.65. The van der Waals surface area contributed by atoms with Crippen LogP contribution in [-0.2, 0) is 0 Å². The van der Waals surface area contributed by atoms with Gasteiger partial charge in [0.15, 0.2) is 0 Å². The van der Waals surface area contributed by atoms with E-state index in [0.29, 0.717) is 16.9 Å². The van der Waals surface area contributed by atoms with Gasteiger partial charge in [0.2, 0.25) is 0 Å². The topological polar surface area (TPSA) is 108 Å². The minimum Gasteiger partial charge on any atom is -0.410 e. The molecule has 0 aliphatic carbocycles. The first kappa shape index (κ1) is 22.3. The maximum atomic E-state index is 12.8. The minimum absolute atomic E-state index is 0.0440. The Kier molecular flexibility index (Phi) is 5.97. The average molecular weight is 470 g/mol. The number of aromatic nitrogens is 2. The third-order valence-electron chi connectivity index (χ3n) is 6.06. The standard InChI is InChI=1S/C26H22N4O5/c31-25(28-15-2-1-3-16-28)20-6-4-18(5-7-20)23-13-8-19-14-17-29(24(19)27-23)26(32)35-22-11-9-21(10-12-22)30(33)34/h4-14,17H,1-3,15-16H2. The number of carbonyl (C=O) groups excluding carboxylic acids is 2. The van der Waals surface area contributed by atoms with E-state index in [9.17, 15) is 19.7 Å². The summed E-state index contributed by atoms with van der Waals surface area (Å²) >= 11 is 0. The van der Waals surface area contributed by atoms with Gasteiger partial charge < -0.3 is 9.64 Å². The number of fused-ring (bicyclic) bond motifs is 1. The summed E-state index contributed by atoms with van der Waals surface area (Å²) in [5.41, 5.74) is 2.44. The van der Waals surface area contributed by atoms with Gasteiger partial charge in [0.05, 0.1) is 10.6 Å². The Bertz CT molecular complexity index is 1400. The van der Waals surface area contributed by atoms with Crippen LogP contribution in [0.25, 0.3) is 22.3 Å². The van der Waals surface area contributed by atoms with Gasteiger partial charge >= 0.3 is 6.09 Å². The van der Waals surface area contributed by atoms with E-state index < -0.39 is 11.0 Å². The molecule has 0 radical (unpaired) electrons. The molecule has 2 aromatic carbocycles. The number of rotatable bonds is 4. The van der Waals surface area contributed by atoms with Crippen LogP contribution in [0.1, 0.15) is 29.6 Å².